The first kappa shape index (κ1) is 24.1. The molecule has 1 amide bonds. The van der Waals surface area contributed by atoms with Crippen molar-refractivity contribution in [1.82, 2.24) is 9.88 Å². The highest BCUT2D eigenvalue weighted by Crippen LogP contribution is 2.36. The number of halogens is 1. The van der Waals surface area contributed by atoms with Gasteiger partial charge in [-0.15, -0.1) is 0 Å². The Morgan fingerprint density at radius 3 is 2.50 bits per heavy atom. The van der Waals surface area contributed by atoms with Crippen molar-refractivity contribution < 1.29 is 24.2 Å². The zero-order valence-corrected chi connectivity index (χ0v) is 20.3. The molecule has 8 heteroatoms. The van der Waals surface area contributed by atoms with Gasteiger partial charge in [-0.1, -0.05) is 55.6 Å². The molecular formula is C26H29ClN2O5. The van der Waals surface area contributed by atoms with E-state index in [1.54, 1.807) is 23.8 Å². The summed E-state index contributed by atoms with van der Waals surface area (Å²) in [5, 5.41) is 14.0. The highest BCUT2D eigenvalue weighted by atomic mass is 35.5. The zero-order valence-electron chi connectivity index (χ0n) is 19.6. The van der Waals surface area contributed by atoms with E-state index in [0.717, 1.165) is 34.9 Å². The third-order valence-corrected chi connectivity index (χ3v) is 7.03. The Morgan fingerprint density at radius 1 is 1.24 bits per heavy atom. The van der Waals surface area contributed by atoms with Crippen molar-refractivity contribution >= 4 is 34.4 Å². The van der Waals surface area contributed by atoms with Crippen molar-refractivity contribution in [3.63, 3.8) is 0 Å². The van der Waals surface area contributed by atoms with E-state index in [9.17, 15) is 14.7 Å². The number of nitrogens with one attached hydrogen (secondary N) is 1. The van der Waals surface area contributed by atoms with Gasteiger partial charge in [0.05, 0.1) is 36.8 Å². The number of nitrogens with zero attached hydrogens (tertiary/aromatic N) is 1. The molecule has 1 unspecified atom stereocenters. The molecule has 0 spiro atoms. The number of aromatic nitrogens is 1. The van der Waals surface area contributed by atoms with Crippen molar-refractivity contribution in [3.8, 4) is 5.75 Å². The molecule has 180 valence electrons. The third-order valence-electron chi connectivity index (χ3n) is 6.64. The Morgan fingerprint density at radius 2 is 1.94 bits per heavy atom. The zero-order chi connectivity index (χ0) is 24.5. The van der Waals surface area contributed by atoms with Crippen molar-refractivity contribution in [3.05, 3.63) is 64.3 Å². The van der Waals surface area contributed by atoms with E-state index >= 15 is 0 Å². The van der Waals surface area contributed by atoms with Gasteiger partial charge in [-0.2, -0.15) is 0 Å². The summed E-state index contributed by atoms with van der Waals surface area (Å²) in [4.78, 5) is 25.1. The molecule has 1 atom stereocenters. The molecule has 0 aliphatic carbocycles. The number of carbonyl (C=O) groups is 2. The van der Waals surface area contributed by atoms with Crippen LogP contribution in [0.2, 0.25) is 5.02 Å². The van der Waals surface area contributed by atoms with Gasteiger partial charge in [0.25, 0.3) is 5.91 Å². The molecule has 1 aliphatic heterocycles. The predicted molar refractivity (Wildman–Crippen MR) is 131 cm³/mol. The minimum Gasteiger partial charge on any atom is -0.495 e. The number of aliphatic carboxylic acids is 1. The van der Waals surface area contributed by atoms with E-state index in [-0.39, 0.29) is 5.91 Å². The maximum Gasteiger partial charge on any atom is 0.310 e. The summed E-state index contributed by atoms with van der Waals surface area (Å²) in [6, 6.07) is 12.9. The Hall–Kier alpha value is -3.03. The number of aryl methyl sites for hydroxylation is 1. The quantitative estimate of drug-likeness (QED) is 0.453. The SMILES string of the molecule is CCCCC(C(=O)O)c1ccc(C2(NC(=O)c3cc4c(Cl)c(OC)ccc4n3C)COC2)cc1. The van der Waals surface area contributed by atoms with Crippen LogP contribution in [-0.2, 0) is 22.1 Å². The van der Waals surface area contributed by atoms with Crippen LogP contribution in [0.15, 0.2) is 42.5 Å². The summed E-state index contributed by atoms with van der Waals surface area (Å²) >= 11 is 6.46. The van der Waals surface area contributed by atoms with Gasteiger partial charge in [0.15, 0.2) is 0 Å². The van der Waals surface area contributed by atoms with Gasteiger partial charge >= 0.3 is 5.97 Å². The standard InChI is InChI=1S/C26H29ClN2O5/c1-4-5-6-18(25(31)32)16-7-9-17(10-8-16)26(14-34-15-26)28-24(30)21-13-19-20(29(21)2)11-12-22(33-3)23(19)27/h7-13,18H,4-6,14-15H2,1-3H3,(H,28,30)(H,31,32). The number of fused-ring (bicyclic) bond motifs is 1. The molecule has 3 aromatic rings. The number of hydrogen-bond donors (Lipinski definition) is 2. The first-order valence-electron chi connectivity index (χ1n) is 11.4. The molecule has 34 heavy (non-hydrogen) atoms. The number of rotatable bonds is 9. The summed E-state index contributed by atoms with van der Waals surface area (Å²) in [5.41, 5.74) is 2.28. The fourth-order valence-corrected chi connectivity index (χ4v) is 4.80. The number of carbonyl (C=O) groups excluding carboxylic acids is 1. The number of amides is 1. The van der Waals surface area contributed by atoms with Gasteiger partial charge in [-0.05, 0) is 35.7 Å². The Balaban J connectivity index is 1.59. The largest absolute Gasteiger partial charge is 0.495 e. The molecule has 1 aliphatic rings. The predicted octanol–water partition coefficient (Wildman–Crippen LogP) is 4.85. The van der Waals surface area contributed by atoms with Crippen LogP contribution in [0.5, 0.6) is 5.75 Å². The van der Waals surface area contributed by atoms with E-state index in [4.69, 9.17) is 21.1 Å². The van der Waals surface area contributed by atoms with Crippen LogP contribution in [-0.4, -0.2) is 41.9 Å². The van der Waals surface area contributed by atoms with Gasteiger partial charge in [-0.3, -0.25) is 9.59 Å². The molecule has 0 radical (unpaired) electrons. The van der Waals surface area contributed by atoms with Crippen LogP contribution in [0.3, 0.4) is 0 Å². The smallest absolute Gasteiger partial charge is 0.310 e. The van der Waals surface area contributed by atoms with Crippen LogP contribution in [0.4, 0.5) is 0 Å². The van der Waals surface area contributed by atoms with Crippen LogP contribution in [0.1, 0.15) is 53.7 Å². The van der Waals surface area contributed by atoms with Crippen molar-refractivity contribution in [2.24, 2.45) is 7.05 Å². The second-order valence-electron chi connectivity index (χ2n) is 8.79. The minimum atomic E-state index is -0.817. The van der Waals surface area contributed by atoms with Crippen LogP contribution in [0, 0.1) is 0 Å². The monoisotopic (exact) mass is 484 g/mol. The van der Waals surface area contributed by atoms with Crippen molar-refractivity contribution in [2.75, 3.05) is 20.3 Å². The van der Waals surface area contributed by atoms with E-state index in [2.05, 4.69) is 5.32 Å². The molecule has 1 aromatic heterocycles. The topological polar surface area (TPSA) is 89.8 Å². The van der Waals surface area contributed by atoms with Gasteiger partial charge in [0.2, 0.25) is 0 Å². The van der Waals surface area contributed by atoms with E-state index in [1.165, 1.54) is 0 Å². The summed E-state index contributed by atoms with van der Waals surface area (Å²) in [7, 11) is 3.37. The molecule has 1 fully saturated rings. The lowest BCUT2D eigenvalue weighted by Crippen LogP contribution is -2.59. The number of methoxy groups -OCH3 is 1. The summed E-state index contributed by atoms with van der Waals surface area (Å²) < 4.78 is 12.6. The lowest BCUT2D eigenvalue weighted by Gasteiger charge is -2.42. The normalized spacial score (nSPS) is 15.5. The van der Waals surface area contributed by atoms with Crippen LogP contribution >= 0.6 is 11.6 Å². The van der Waals surface area contributed by atoms with Gasteiger partial charge in [0, 0.05) is 12.4 Å². The summed E-state index contributed by atoms with van der Waals surface area (Å²) in [6.07, 6.45) is 2.40. The maximum atomic E-state index is 13.3. The second kappa shape index (κ2) is 9.68. The molecule has 0 bridgehead atoms. The van der Waals surface area contributed by atoms with Crippen molar-refractivity contribution in [1.29, 1.82) is 0 Å². The van der Waals surface area contributed by atoms with Gasteiger partial charge in [-0.25, -0.2) is 0 Å². The Bertz CT molecular complexity index is 1210. The van der Waals surface area contributed by atoms with E-state index in [0.29, 0.717) is 36.1 Å². The fraction of sp³-hybridized carbons (Fsp3) is 0.385. The van der Waals surface area contributed by atoms with Crippen LogP contribution < -0.4 is 10.1 Å². The average molecular weight is 485 g/mol. The number of hydrogen-bond acceptors (Lipinski definition) is 4. The number of unbranched alkanes of at least 4 members (excludes halogenated alkanes) is 1. The lowest BCUT2D eigenvalue weighted by atomic mass is 9.85. The number of carboxylic acids is 1. The van der Waals surface area contributed by atoms with Gasteiger partial charge < -0.3 is 24.5 Å². The number of benzene rings is 2. The first-order valence-corrected chi connectivity index (χ1v) is 11.7. The Kier molecular flexibility index (Phi) is 6.86. The molecule has 1 saturated heterocycles. The molecule has 2 aromatic carbocycles. The summed E-state index contributed by atoms with van der Waals surface area (Å²) in [6.45, 7) is 2.73. The Labute approximate surface area is 203 Å². The third kappa shape index (κ3) is 4.26. The first-order chi connectivity index (χ1) is 16.3. The van der Waals surface area contributed by atoms with Crippen molar-refractivity contribution in [2.45, 2.75) is 37.6 Å². The highest BCUT2D eigenvalue weighted by Gasteiger charge is 2.42. The van der Waals surface area contributed by atoms with E-state index < -0.39 is 17.4 Å². The molecule has 2 N–H and O–H groups in total. The minimum absolute atomic E-state index is 0.243. The second-order valence-corrected chi connectivity index (χ2v) is 9.17. The molecule has 4 rings (SSSR count). The number of carboxylic acid groups (broad SMARTS) is 1. The van der Waals surface area contributed by atoms with Crippen LogP contribution in [0.25, 0.3) is 10.9 Å². The average Bonchev–Trinajstić information content (AvgIpc) is 3.14. The summed E-state index contributed by atoms with van der Waals surface area (Å²) in [5.74, 6) is -1.04. The molecule has 7 nitrogen and oxygen atoms in total. The molecular weight excluding hydrogens is 456 g/mol. The molecule has 2 heterocycles. The maximum absolute atomic E-state index is 13.3. The van der Waals surface area contributed by atoms with E-state index in [1.807, 2.05) is 44.3 Å². The number of ether oxygens (including phenoxy) is 2. The lowest BCUT2D eigenvalue weighted by molar-refractivity contribution is -0.139. The highest BCUT2D eigenvalue weighted by molar-refractivity contribution is 6.37. The fourth-order valence-electron chi connectivity index (χ4n) is 4.51. The molecule has 0 saturated carbocycles. The van der Waals surface area contributed by atoms with Gasteiger partial charge in [0.1, 0.15) is 17.0 Å².